The van der Waals surface area contributed by atoms with Crippen LogP contribution >= 0.6 is 0 Å². The average Bonchev–Trinajstić information content (AvgIpc) is 3.58. The van der Waals surface area contributed by atoms with Crippen molar-refractivity contribution in [2.45, 2.75) is 85.6 Å². The van der Waals surface area contributed by atoms with E-state index in [4.69, 9.17) is 20.1 Å². The predicted octanol–water partition coefficient (Wildman–Crippen LogP) is 8.36. The van der Waals surface area contributed by atoms with Crippen LogP contribution < -0.4 is 10.6 Å². The summed E-state index contributed by atoms with van der Waals surface area (Å²) in [5.41, 5.74) is 13.2. The summed E-state index contributed by atoms with van der Waals surface area (Å²) in [4.78, 5) is 19.3. The van der Waals surface area contributed by atoms with Gasteiger partial charge in [-0.15, -0.1) is 0 Å². The first-order chi connectivity index (χ1) is 24.8. The summed E-state index contributed by atoms with van der Waals surface area (Å²) < 4.78 is 3.84. The van der Waals surface area contributed by atoms with Gasteiger partial charge in [0.25, 0.3) is 0 Å². The summed E-state index contributed by atoms with van der Waals surface area (Å²) in [5.74, 6) is 0.818. The van der Waals surface area contributed by atoms with Crippen molar-refractivity contribution in [2.75, 3.05) is 17.2 Å². The largest absolute Gasteiger partial charge is 0.384 e. The molecule has 1 fully saturated rings. The Morgan fingerprint density at radius 2 is 1.51 bits per heavy atom. The first-order valence-electron chi connectivity index (χ1n) is 18.4. The van der Waals surface area contributed by atoms with Crippen molar-refractivity contribution in [3.8, 4) is 33.9 Å². The molecule has 6 aromatic heterocycles. The van der Waals surface area contributed by atoms with Crippen LogP contribution in [0.4, 0.5) is 11.4 Å². The molecule has 2 N–H and O–H groups in total. The fourth-order valence-corrected chi connectivity index (χ4v) is 6.50. The third-order valence-corrected chi connectivity index (χ3v) is 9.37. The lowest BCUT2D eigenvalue weighted by Crippen LogP contribution is -2.20. The highest BCUT2D eigenvalue weighted by Crippen LogP contribution is 2.30. The summed E-state index contributed by atoms with van der Waals surface area (Å²) in [7, 11) is 0. The molecule has 1 atom stereocenters. The molecule has 51 heavy (non-hydrogen) atoms. The third-order valence-electron chi connectivity index (χ3n) is 9.37. The predicted molar refractivity (Wildman–Crippen MR) is 205 cm³/mol. The molecule has 0 radical (unpaired) electrons. The second kappa shape index (κ2) is 15.2. The van der Waals surface area contributed by atoms with E-state index in [9.17, 15) is 0 Å². The number of rotatable bonds is 15. The molecule has 0 aliphatic heterocycles. The van der Waals surface area contributed by atoms with Crippen molar-refractivity contribution in [1.82, 2.24) is 39.5 Å². The van der Waals surface area contributed by atoms with Crippen LogP contribution in [0.1, 0.15) is 74.8 Å². The Morgan fingerprint density at radius 3 is 2.27 bits per heavy atom. The van der Waals surface area contributed by atoms with Crippen LogP contribution in [0.2, 0.25) is 0 Å². The van der Waals surface area contributed by atoms with Gasteiger partial charge in [-0.3, -0.25) is 19.9 Å². The Bertz CT molecular complexity index is 2110. The van der Waals surface area contributed by atoms with Crippen LogP contribution in [-0.2, 0) is 19.3 Å². The van der Waals surface area contributed by atoms with Gasteiger partial charge in [0.1, 0.15) is 0 Å². The van der Waals surface area contributed by atoms with Crippen LogP contribution in [0, 0.1) is 19.8 Å². The molecule has 0 saturated heterocycles. The number of aryl methyl sites for hydroxylation is 4. The van der Waals surface area contributed by atoms with E-state index in [1.807, 2.05) is 53.3 Å². The summed E-state index contributed by atoms with van der Waals surface area (Å²) >= 11 is 0. The van der Waals surface area contributed by atoms with Crippen molar-refractivity contribution >= 4 is 11.4 Å². The summed E-state index contributed by atoms with van der Waals surface area (Å²) in [6, 6.07) is 14.9. The molecule has 0 spiro atoms. The van der Waals surface area contributed by atoms with Gasteiger partial charge in [-0.05, 0) is 100 Å². The maximum Gasteiger partial charge on any atom is 0.0764 e. The average molecular weight is 681 g/mol. The van der Waals surface area contributed by atoms with E-state index < -0.39 is 0 Å². The number of pyridine rings is 4. The first kappa shape index (κ1) is 34.1. The Kier molecular flexibility index (Phi) is 10.2. The molecule has 6 aromatic rings. The Morgan fingerprint density at radius 1 is 0.784 bits per heavy atom. The minimum absolute atomic E-state index is 0.132. The molecule has 7 rings (SSSR count). The molecule has 1 aliphatic carbocycles. The van der Waals surface area contributed by atoms with E-state index in [0.29, 0.717) is 0 Å². The zero-order valence-electron chi connectivity index (χ0n) is 30.4. The van der Waals surface area contributed by atoms with E-state index >= 15 is 0 Å². The van der Waals surface area contributed by atoms with E-state index in [2.05, 4.69) is 91.0 Å². The normalized spacial score (nSPS) is 13.4. The fraction of sp³-hybridized carbons (Fsp3) is 0.366. The molecule has 1 unspecified atom stereocenters. The first-order valence-corrected chi connectivity index (χ1v) is 18.4. The Labute approximate surface area is 300 Å². The lowest BCUT2D eigenvalue weighted by atomic mass is 10.1. The molecule has 1 saturated carbocycles. The van der Waals surface area contributed by atoms with E-state index in [1.54, 1.807) is 0 Å². The number of aromatic nitrogens is 8. The highest BCUT2D eigenvalue weighted by atomic mass is 15.3. The van der Waals surface area contributed by atoms with Crippen molar-refractivity contribution in [1.29, 1.82) is 0 Å². The zero-order chi connectivity index (χ0) is 35.3. The van der Waals surface area contributed by atoms with Gasteiger partial charge in [0.2, 0.25) is 0 Å². The molecule has 1 aliphatic rings. The second-order valence-electron chi connectivity index (χ2n) is 14.0. The highest BCUT2D eigenvalue weighted by Gasteiger charge is 2.21. The van der Waals surface area contributed by atoms with E-state index in [1.165, 1.54) is 12.8 Å². The molecule has 6 heterocycles. The van der Waals surface area contributed by atoms with Crippen molar-refractivity contribution in [3.63, 3.8) is 0 Å². The van der Waals surface area contributed by atoms with Gasteiger partial charge >= 0.3 is 0 Å². The Hall–Kier alpha value is -5.38. The molecule has 10 heteroatoms. The van der Waals surface area contributed by atoms with Crippen LogP contribution in [0.5, 0.6) is 0 Å². The van der Waals surface area contributed by atoms with Crippen molar-refractivity contribution in [3.05, 3.63) is 108 Å². The number of nitrogens with one attached hydrogen (secondary N) is 2. The maximum atomic E-state index is 5.04. The van der Waals surface area contributed by atoms with Gasteiger partial charge in [-0.25, -0.2) is 9.36 Å². The lowest BCUT2D eigenvalue weighted by molar-refractivity contribution is 0.750. The molecule has 10 nitrogen and oxygen atoms in total. The smallest absolute Gasteiger partial charge is 0.0764 e. The minimum Gasteiger partial charge on any atom is -0.384 e. The van der Waals surface area contributed by atoms with Gasteiger partial charge in [-0.2, -0.15) is 10.2 Å². The van der Waals surface area contributed by atoms with E-state index in [-0.39, 0.29) is 6.04 Å². The lowest BCUT2D eigenvalue weighted by Gasteiger charge is -2.18. The zero-order valence-corrected chi connectivity index (χ0v) is 30.4. The molecule has 262 valence electrons. The van der Waals surface area contributed by atoms with Gasteiger partial charge in [0, 0.05) is 65.8 Å². The van der Waals surface area contributed by atoms with Crippen LogP contribution in [0.15, 0.2) is 79.6 Å². The topological polar surface area (TPSA) is 111 Å². The summed E-state index contributed by atoms with van der Waals surface area (Å²) in [5, 5.41) is 16.6. The quantitative estimate of drug-likeness (QED) is 0.111. The molecule has 0 bridgehead atoms. The summed E-state index contributed by atoms with van der Waals surface area (Å²) in [6.45, 7) is 11.7. The fourth-order valence-electron chi connectivity index (χ4n) is 6.50. The number of hydrogen-bond donors (Lipinski definition) is 2. The molecular formula is C41H48N10. The van der Waals surface area contributed by atoms with Gasteiger partial charge in [-0.1, -0.05) is 26.7 Å². The van der Waals surface area contributed by atoms with Crippen LogP contribution in [-0.4, -0.2) is 52.1 Å². The summed E-state index contributed by atoms with van der Waals surface area (Å²) in [6.07, 6.45) is 19.0. The molecule has 0 amide bonds. The number of nitrogens with zero attached hydrogens (tertiary/aromatic N) is 8. The third kappa shape index (κ3) is 8.33. The monoisotopic (exact) mass is 680 g/mol. The number of hydrogen-bond acceptors (Lipinski definition) is 8. The Balaban J connectivity index is 1.03. The van der Waals surface area contributed by atoms with Gasteiger partial charge < -0.3 is 10.6 Å². The molecular weight excluding hydrogens is 633 g/mol. The highest BCUT2D eigenvalue weighted by molar-refractivity contribution is 5.65. The second-order valence-corrected chi connectivity index (χ2v) is 14.0. The maximum absolute atomic E-state index is 5.04. The van der Waals surface area contributed by atoms with Gasteiger partial charge in [0.15, 0.2) is 0 Å². The SMILES string of the molecule is CCCc1cc(-n2cc(-c3ccc(NC(C)Cc4cc(-n5cc(-c6ncc(NCC7CC7)cc6C)cn5)cc(CCC)n4)c(C)n3)cn2)ccn1. The standard InChI is InChI=1S/C41H48N10/c1-6-8-33-18-37(14-15-42-33)50-25-31(22-45-50)40-13-12-39(29(5)48-40)47-28(4)17-35-20-38(19-34(49-35)9-7-2)51-26-32(23-46-51)41-27(3)16-36(24-44-41)43-21-30-10-11-30/h12-16,18-20,22-26,28,30,43,47H,6-11,17,21H2,1-5H3. The van der Waals surface area contributed by atoms with E-state index in [0.717, 1.165) is 118 Å². The van der Waals surface area contributed by atoms with Crippen molar-refractivity contribution in [2.24, 2.45) is 5.92 Å². The number of anilines is 2. The van der Waals surface area contributed by atoms with Crippen LogP contribution in [0.25, 0.3) is 33.9 Å². The molecule has 0 aromatic carbocycles. The van der Waals surface area contributed by atoms with Crippen molar-refractivity contribution < 1.29 is 0 Å². The van der Waals surface area contributed by atoms with Crippen LogP contribution in [0.3, 0.4) is 0 Å². The minimum atomic E-state index is 0.132. The van der Waals surface area contributed by atoms with Gasteiger partial charge in [0.05, 0.1) is 58.4 Å².